The van der Waals surface area contributed by atoms with E-state index in [-0.39, 0.29) is 0 Å². The summed E-state index contributed by atoms with van der Waals surface area (Å²) in [5.74, 6) is 0. The monoisotopic (exact) mass is 253 g/mol. The van der Waals surface area contributed by atoms with Gasteiger partial charge in [0, 0.05) is 29.9 Å². The Morgan fingerprint density at radius 3 is 2.94 bits per heavy atom. The van der Waals surface area contributed by atoms with E-state index in [1.807, 2.05) is 17.8 Å². The molecule has 2 aromatic heterocycles. The van der Waals surface area contributed by atoms with E-state index in [0.717, 1.165) is 12.1 Å². The van der Waals surface area contributed by atoms with Gasteiger partial charge < -0.3 is 5.32 Å². The van der Waals surface area contributed by atoms with Crippen molar-refractivity contribution in [3.8, 4) is 0 Å². The van der Waals surface area contributed by atoms with Crippen LogP contribution in [0.3, 0.4) is 0 Å². The molecule has 0 aliphatic heterocycles. The minimum atomic E-state index is 0.308. The maximum Gasteiger partial charge on any atom is 0.129 e. The second-order valence-electron chi connectivity index (χ2n) is 3.50. The quantitative estimate of drug-likeness (QED) is 0.851. The van der Waals surface area contributed by atoms with Gasteiger partial charge in [-0.2, -0.15) is 0 Å². The van der Waals surface area contributed by atoms with E-state index in [9.17, 15) is 0 Å². The molecule has 3 nitrogen and oxygen atoms in total. The lowest BCUT2D eigenvalue weighted by molar-refractivity contribution is 0.581. The molecule has 5 heteroatoms. The summed E-state index contributed by atoms with van der Waals surface area (Å²) in [4.78, 5) is 9.33. The second kappa shape index (κ2) is 5.39. The average Bonchev–Trinajstić information content (AvgIpc) is 2.81. The van der Waals surface area contributed by atoms with Crippen LogP contribution in [-0.2, 0) is 6.54 Å². The first kappa shape index (κ1) is 11.5. The second-order valence-corrected chi connectivity index (χ2v) is 4.80. The lowest BCUT2D eigenvalue weighted by Gasteiger charge is -2.11. The molecule has 0 amide bonds. The number of rotatable bonds is 4. The third-order valence-corrected chi connectivity index (χ3v) is 3.46. The molecule has 0 spiro atoms. The van der Waals surface area contributed by atoms with Crippen LogP contribution < -0.4 is 5.32 Å². The third-order valence-electron chi connectivity index (χ3n) is 2.28. The highest BCUT2D eigenvalue weighted by molar-refractivity contribution is 7.09. The van der Waals surface area contributed by atoms with Gasteiger partial charge in [-0.15, -0.1) is 11.3 Å². The molecule has 0 saturated carbocycles. The largest absolute Gasteiger partial charge is 0.305 e. The topological polar surface area (TPSA) is 37.8 Å². The average molecular weight is 254 g/mol. The Balaban J connectivity index is 1.90. The fourth-order valence-electron chi connectivity index (χ4n) is 1.32. The number of pyridine rings is 1. The normalized spacial score (nSPS) is 12.6. The van der Waals surface area contributed by atoms with E-state index in [0.29, 0.717) is 11.2 Å². The SMILES string of the molecule is CC(NCc1ccc(Cl)nc1)c1cncs1. The highest BCUT2D eigenvalue weighted by Crippen LogP contribution is 2.16. The van der Waals surface area contributed by atoms with Crippen molar-refractivity contribution in [2.45, 2.75) is 19.5 Å². The van der Waals surface area contributed by atoms with Gasteiger partial charge in [0.1, 0.15) is 5.15 Å². The fourth-order valence-corrected chi connectivity index (χ4v) is 2.09. The van der Waals surface area contributed by atoms with Gasteiger partial charge in [0.05, 0.1) is 5.51 Å². The van der Waals surface area contributed by atoms with E-state index < -0.39 is 0 Å². The van der Waals surface area contributed by atoms with Gasteiger partial charge in [0.2, 0.25) is 0 Å². The maximum absolute atomic E-state index is 5.72. The van der Waals surface area contributed by atoms with Crippen molar-refractivity contribution in [1.29, 1.82) is 0 Å². The molecule has 0 aliphatic carbocycles. The van der Waals surface area contributed by atoms with E-state index in [4.69, 9.17) is 11.6 Å². The molecule has 0 radical (unpaired) electrons. The van der Waals surface area contributed by atoms with Crippen LogP contribution in [0.5, 0.6) is 0 Å². The van der Waals surface area contributed by atoms with Crippen LogP contribution in [0.1, 0.15) is 23.4 Å². The predicted octanol–water partition coefficient (Wildman–Crippen LogP) is 3.04. The van der Waals surface area contributed by atoms with E-state index in [1.165, 1.54) is 4.88 Å². The first-order valence-corrected chi connectivity index (χ1v) is 6.23. The van der Waals surface area contributed by atoms with Crippen LogP contribution in [-0.4, -0.2) is 9.97 Å². The highest BCUT2D eigenvalue weighted by Gasteiger charge is 2.05. The maximum atomic E-state index is 5.72. The number of nitrogens with one attached hydrogen (secondary N) is 1. The summed E-state index contributed by atoms with van der Waals surface area (Å²) in [7, 11) is 0. The van der Waals surface area contributed by atoms with E-state index in [2.05, 4.69) is 22.2 Å². The molecule has 0 aromatic carbocycles. The van der Waals surface area contributed by atoms with Crippen LogP contribution in [0.15, 0.2) is 30.0 Å². The number of thiazole rings is 1. The van der Waals surface area contributed by atoms with Gasteiger partial charge in [-0.05, 0) is 18.6 Å². The summed E-state index contributed by atoms with van der Waals surface area (Å²) < 4.78 is 0. The Labute approximate surface area is 104 Å². The number of hydrogen-bond donors (Lipinski definition) is 1. The fraction of sp³-hybridized carbons (Fsp3) is 0.273. The van der Waals surface area contributed by atoms with Gasteiger partial charge in [-0.25, -0.2) is 4.98 Å². The zero-order chi connectivity index (χ0) is 11.4. The summed E-state index contributed by atoms with van der Waals surface area (Å²) >= 11 is 7.38. The third kappa shape index (κ3) is 3.01. The number of hydrogen-bond acceptors (Lipinski definition) is 4. The lowest BCUT2D eigenvalue weighted by atomic mass is 10.2. The van der Waals surface area contributed by atoms with Crippen LogP contribution in [0, 0.1) is 0 Å². The summed E-state index contributed by atoms with van der Waals surface area (Å²) in [5, 5.41) is 3.94. The molecule has 2 aromatic rings. The van der Waals surface area contributed by atoms with E-state index >= 15 is 0 Å². The Bertz CT molecular complexity index is 427. The smallest absolute Gasteiger partial charge is 0.129 e. The van der Waals surface area contributed by atoms with Crippen molar-refractivity contribution >= 4 is 22.9 Å². The van der Waals surface area contributed by atoms with Crippen molar-refractivity contribution in [3.05, 3.63) is 45.6 Å². The minimum absolute atomic E-state index is 0.308. The Hall–Kier alpha value is -0.970. The molecule has 16 heavy (non-hydrogen) atoms. The standard InChI is InChI=1S/C11H12ClN3S/c1-8(10-6-13-7-16-10)14-4-9-2-3-11(12)15-5-9/h2-3,5-8,14H,4H2,1H3. The van der Waals surface area contributed by atoms with Crippen LogP contribution in [0.25, 0.3) is 0 Å². The van der Waals surface area contributed by atoms with Gasteiger partial charge in [0.15, 0.2) is 0 Å². The summed E-state index contributed by atoms with van der Waals surface area (Å²) in [5.41, 5.74) is 2.97. The Morgan fingerprint density at radius 1 is 1.44 bits per heavy atom. The summed E-state index contributed by atoms with van der Waals surface area (Å²) in [6.45, 7) is 2.90. The molecule has 1 atom stereocenters. The first-order valence-electron chi connectivity index (χ1n) is 4.98. The van der Waals surface area contributed by atoms with Crippen molar-refractivity contribution < 1.29 is 0 Å². The minimum Gasteiger partial charge on any atom is -0.305 e. The molecule has 84 valence electrons. The molecule has 1 N–H and O–H groups in total. The molecule has 2 rings (SSSR count). The zero-order valence-corrected chi connectivity index (χ0v) is 10.4. The van der Waals surface area contributed by atoms with Gasteiger partial charge in [0.25, 0.3) is 0 Å². The molecular weight excluding hydrogens is 242 g/mol. The molecule has 0 bridgehead atoms. The zero-order valence-electron chi connectivity index (χ0n) is 8.85. The van der Waals surface area contributed by atoms with Crippen LogP contribution >= 0.6 is 22.9 Å². The van der Waals surface area contributed by atoms with Gasteiger partial charge >= 0.3 is 0 Å². The van der Waals surface area contributed by atoms with Gasteiger partial charge in [-0.3, -0.25) is 4.98 Å². The summed E-state index contributed by atoms with van der Waals surface area (Å²) in [6, 6.07) is 4.08. The van der Waals surface area contributed by atoms with Crippen molar-refractivity contribution in [2.24, 2.45) is 0 Å². The van der Waals surface area contributed by atoms with Crippen molar-refractivity contribution in [3.63, 3.8) is 0 Å². The van der Waals surface area contributed by atoms with Crippen LogP contribution in [0.2, 0.25) is 5.15 Å². The molecule has 1 unspecified atom stereocenters. The number of aromatic nitrogens is 2. The number of halogens is 1. The molecule has 0 aliphatic rings. The lowest BCUT2D eigenvalue weighted by Crippen LogP contribution is -2.17. The molecule has 2 heterocycles. The molecule has 0 saturated heterocycles. The van der Waals surface area contributed by atoms with Crippen molar-refractivity contribution in [2.75, 3.05) is 0 Å². The Kier molecular flexibility index (Phi) is 3.88. The molecular formula is C11H12ClN3S. The Morgan fingerprint density at radius 2 is 2.31 bits per heavy atom. The predicted molar refractivity (Wildman–Crippen MR) is 66.6 cm³/mol. The van der Waals surface area contributed by atoms with E-state index in [1.54, 1.807) is 23.6 Å². The number of nitrogens with zero attached hydrogens (tertiary/aromatic N) is 2. The van der Waals surface area contributed by atoms with Crippen LogP contribution in [0.4, 0.5) is 0 Å². The highest BCUT2D eigenvalue weighted by atomic mass is 35.5. The summed E-state index contributed by atoms with van der Waals surface area (Å²) in [6.07, 6.45) is 3.68. The first-order chi connectivity index (χ1) is 7.75. The van der Waals surface area contributed by atoms with Gasteiger partial charge in [-0.1, -0.05) is 17.7 Å². The molecule has 0 fully saturated rings. The van der Waals surface area contributed by atoms with Crippen molar-refractivity contribution in [1.82, 2.24) is 15.3 Å².